The highest BCUT2D eigenvalue weighted by atomic mass is 16.3. The van der Waals surface area contributed by atoms with Gasteiger partial charge in [-0.15, -0.1) is 0 Å². The molecule has 0 spiro atoms. The first-order chi connectivity index (χ1) is 11.6. The van der Waals surface area contributed by atoms with Crippen LogP contribution in [0.5, 0.6) is 0 Å². The van der Waals surface area contributed by atoms with Crippen LogP contribution in [0.4, 0.5) is 5.69 Å². The summed E-state index contributed by atoms with van der Waals surface area (Å²) in [4.78, 5) is 24.4. The molecule has 1 aromatic heterocycles. The molecule has 0 aliphatic carbocycles. The number of carbonyl (C=O) groups excluding carboxylic acids is 2. The first kappa shape index (κ1) is 17.7. The topological polar surface area (TPSA) is 91.6 Å². The van der Waals surface area contributed by atoms with E-state index in [2.05, 4.69) is 10.6 Å². The fourth-order valence-corrected chi connectivity index (χ4v) is 2.49. The average Bonchev–Trinajstić information content (AvgIpc) is 3.13. The molecule has 0 saturated heterocycles. The maximum absolute atomic E-state index is 12.2. The smallest absolute Gasteiger partial charge is 0.313 e. The first-order valence-electron chi connectivity index (χ1n) is 7.97. The molecule has 1 aromatic carbocycles. The molecule has 6 heteroatoms. The van der Waals surface area contributed by atoms with Gasteiger partial charge in [0.25, 0.3) is 0 Å². The Morgan fingerprint density at radius 2 is 1.75 bits per heavy atom. The summed E-state index contributed by atoms with van der Waals surface area (Å²) in [6.45, 7) is 3.62. The zero-order valence-corrected chi connectivity index (χ0v) is 13.8. The molecule has 0 bridgehead atoms. The van der Waals surface area contributed by atoms with Gasteiger partial charge in [-0.25, -0.2) is 0 Å². The Bertz CT molecular complexity index is 673. The number of benzene rings is 1. The fourth-order valence-electron chi connectivity index (χ4n) is 2.49. The molecule has 0 fully saturated rings. The van der Waals surface area contributed by atoms with Gasteiger partial charge in [0, 0.05) is 5.69 Å². The SMILES string of the molecule is CCc1cccc(CC)c1NC(=O)C(=O)NC(CO)c1ccco1. The summed E-state index contributed by atoms with van der Waals surface area (Å²) in [6, 6.07) is 8.30. The third-order valence-electron chi connectivity index (χ3n) is 3.82. The van der Waals surface area contributed by atoms with E-state index in [0.29, 0.717) is 11.4 Å². The lowest BCUT2D eigenvalue weighted by Gasteiger charge is -2.16. The van der Waals surface area contributed by atoms with Crippen molar-refractivity contribution < 1.29 is 19.1 Å². The molecule has 0 aliphatic rings. The molecule has 0 aliphatic heterocycles. The lowest BCUT2D eigenvalue weighted by molar-refractivity contribution is -0.136. The Kier molecular flexibility index (Phi) is 6.14. The summed E-state index contributed by atoms with van der Waals surface area (Å²) in [5.41, 5.74) is 2.63. The molecular formula is C18H22N2O4. The molecule has 3 N–H and O–H groups in total. The summed E-state index contributed by atoms with van der Waals surface area (Å²) >= 11 is 0. The maximum atomic E-state index is 12.2. The second-order valence-electron chi connectivity index (χ2n) is 5.34. The van der Waals surface area contributed by atoms with Gasteiger partial charge in [0.1, 0.15) is 11.8 Å². The van der Waals surface area contributed by atoms with Crippen molar-refractivity contribution in [3.63, 3.8) is 0 Å². The van der Waals surface area contributed by atoms with Crippen molar-refractivity contribution in [3.8, 4) is 0 Å². The number of carbonyl (C=O) groups is 2. The minimum atomic E-state index is -0.821. The van der Waals surface area contributed by atoms with E-state index in [1.165, 1.54) is 6.26 Å². The van der Waals surface area contributed by atoms with Gasteiger partial charge < -0.3 is 20.2 Å². The second-order valence-corrected chi connectivity index (χ2v) is 5.34. The van der Waals surface area contributed by atoms with Crippen molar-refractivity contribution in [1.82, 2.24) is 5.32 Å². The highest BCUT2D eigenvalue weighted by molar-refractivity contribution is 6.39. The normalized spacial score (nSPS) is 11.8. The van der Waals surface area contributed by atoms with Crippen LogP contribution in [0.25, 0.3) is 0 Å². The Labute approximate surface area is 140 Å². The molecule has 2 aromatic rings. The number of para-hydroxylation sites is 1. The van der Waals surface area contributed by atoms with Crippen LogP contribution in [0, 0.1) is 0 Å². The van der Waals surface area contributed by atoms with E-state index >= 15 is 0 Å². The number of amides is 2. The second kappa shape index (κ2) is 8.31. The van der Waals surface area contributed by atoms with E-state index in [-0.39, 0.29) is 6.61 Å². The number of furan rings is 1. The lowest BCUT2D eigenvalue weighted by Crippen LogP contribution is -2.39. The molecule has 24 heavy (non-hydrogen) atoms. The Morgan fingerprint density at radius 1 is 1.08 bits per heavy atom. The molecule has 2 amide bonds. The summed E-state index contributed by atoms with van der Waals surface area (Å²) in [5, 5.41) is 14.5. The van der Waals surface area contributed by atoms with E-state index in [9.17, 15) is 14.7 Å². The van der Waals surface area contributed by atoms with Gasteiger partial charge in [-0.3, -0.25) is 9.59 Å². The van der Waals surface area contributed by atoms with Gasteiger partial charge >= 0.3 is 11.8 Å². The van der Waals surface area contributed by atoms with Crippen LogP contribution in [0.15, 0.2) is 41.0 Å². The maximum Gasteiger partial charge on any atom is 0.313 e. The average molecular weight is 330 g/mol. The van der Waals surface area contributed by atoms with Gasteiger partial charge in [-0.1, -0.05) is 32.0 Å². The van der Waals surface area contributed by atoms with Crippen molar-refractivity contribution in [2.75, 3.05) is 11.9 Å². The number of anilines is 1. The third-order valence-corrected chi connectivity index (χ3v) is 3.82. The van der Waals surface area contributed by atoms with Crippen molar-refractivity contribution in [2.24, 2.45) is 0 Å². The van der Waals surface area contributed by atoms with Gasteiger partial charge in [0.2, 0.25) is 0 Å². The molecule has 0 saturated carbocycles. The number of hydrogen-bond acceptors (Lipinski definition) is 4. The van der Waals surface area contributed by atoms with Crippen LogP contribution in [-0.2, 0) is 22.4 Å². The lowest BCUT2D eigenvalue weighted by atomic mass is 10.0. The molecule has 0 radical (unpaired) electrons. The third kappa shape index (κ3) is 4.02. The summed E-state index contributed by atoms with van der Waals surface area (Å²) in [6.07, 6.45) is 2.93. The van der Waals surface area contributed by atoms with Crippen LogP contribution in [0.1, 0.15) is 36.8 Å². The predicted molar refractivity (Wildman–Crippen MR) is 90.5 cm³/mol. The van der Waals surface area contributed by atoms with E-state index < -0.39 is 17.9 Å². The van der Waals surface area contributed by atoms with Crippen LogP contribution in [-0.4, -0.2) is 23.5 Å². The summed E-state index contributed by atoms with van der Waals surface area (Å²) in [5.74, 6) is -1.20. The molecule has 1 heterocycles. The van der Waals surface area contributed by atoms with Gasteiger partial charge in [-0.2, -0.15) is 0 Å². The molecule has 2 rings (SSSR count). The number of aliphatic hydroxyl groups excluding tert-OH is 1. The summed E-state index contributed by atoms with van der Waals surface area (Å²) < 4.78 is 5.15. The zero-order valence-electron chi connectivity index (χ0n) is 13.8. The van der Waals surface area contributed by atoms with Crippen LogP contribution in [0.2, 0.25) is 0 Å². The molecule has 6 nitrogen and oxygen atoms in total. The Balaban J connectivity index is 2.11. The summed E-state index contributed by atoms with van der Waals surface area (Å²) in [7, 11) is 0. The van der Waals surface area contributed by atoms with Crippen LogP contribution >= 0.6 is 0 Å². The minimum Gasteiger partial charge on any atom is -0.467 e. The number of hydrogen-bond donors (Lipinski definition) is 3. The van der Waals surface area contributed by atoms with E-state index in [1.807, 2.05) is 32.0 Å². The highest BCUT2D eigenvalue weighted by Gasteiger charge is 2.22. The number of aliphatic hydroxyl groups is 1. The number of nitrogens with one attached hydrogen (secondary N) is 2. The van der Waals surface area contributed by atoms with E-state index in [1.54, 1.807) is 12.1 Å². The molecule has 1 unspecified atom stereocenters. The van der Waals surface area contributed by atoms with Crippen molar-refractivity contribution >= 4 is 17.5 Å². The van der Waals surface area contributed by atoms with Crippen molar-refractivity contribution in [1.29, 1.82) is 0 Å². The van der Waals surface area contributed by atoms with Gasteiger partial charge in [0.05, 0.1) is 12.9 Å². The predicted octanol–water partition coefficient (Wildman–Crippen LogP) is 2.19. The van der Waals surface area contributed by atoms with Gasteiger partial charge in [0.15, 0.2) is 0 Å². The quantitative estimate of drug-likeness (QED) is 0.708. The number of aryl methyl sites for hydroxylation is 2. The molecule has 128 valence electrons. The van der Waals surface area contributed by atoms with Crippen LogP contribution < -0.4 is 10.6 Å². The van der Waals surface area contributed by atoms with E-state index in [4.69, 9.17) is 4.42 Å². The first-order valence-corrected chi connectivity index (χ1v) is 7.97. The van der Waals surface area contributed by atoms with Gasteiger partial charge in [-0.05, 0) is 36.1 Å². The fraction of sp³-hybridized carbons (Fsp3) is 0.333. The van der Waals surface area contributed by atoms with Crippen LogP contribution in [0.3, 0.4) is 0 Å². The molecular weight excluding hydrogens is 308 g/mol. The monoisotopic (exact) mass is 330 g/mol. The minimum absolute atomic E-state index is 0.363. The van der Waals surface area contributed by atoms with Crippen molar-refractivity contribution in [3.05, 3.63) is 53.5 Å². The molecule has 1 atom stereocenters. The zero-order chi connectivity index (χ0) is 17.5. The number of rotatable bonds is 6. The Morgan fingerprint density at radius 3 is 2.25 bits per heavy atom. The highest BCUT2D eigenvalue weighted by Crippen LogP contribution is 2.22. The van der Waals surface area contributed by atoms with E-state index in [0.717, 1.165) is 24.0 Å². The van der Waals surface area contributed by atoms with Crippen molar-refractivity contribution in [2.45, 2.75) is 32.7 Å². The Hall–Kier alpha value is -2.60. The standard InChI is InChI=1S/C18H22N2O4/c1-3-12-7-5-8-13(4-2)16(12)20-18(23)17(22)19-14(11-21)15-9-6-10-24-15/h5-10,14,21H,3-4,11H2,1-2H3,(H,19,22)(H,20,23). The largest absolute Gasteiger partial charge is 0.467 e.